The SMILES string of the molecule is CCCCCCCCCCCCCCCCCCCCCCCCCC(=O)NCCOP(=O)(O)OCC(O)COC(=O)CCCCCCCCCCCCCCCCCCCCCCC. The van der Waals surface area contributed by atoms with Crippen LogP contribution in [-0.2, 0) is 27.9 Å². The van der Waals surface area contributed by atoms with Gasteiger partial charge in [-0.2, -0.15) is 0 Å². The molecule has 10 heteroatoms. The highest BCUT2D eigenvalue weighted by Crippen LogP contribution is 2.43. The number of ether oxygens (including phenoxy) is 1. The van der Waals surface area contributed by atoms with Gasteiger partial charge in [0.2, 0.25) is 5.91 Å². The molecule has 0 aromatic rings. The third kappa shape index (κ3) is 53.8. The predicted octanol–water partition coefficient (Wildman–Crippen LogP) is 17.1. The molecule has 388 valence electrons. The Morgan fingerprint density at radius 2 is 0.692 bits per heavy atom. The topological polar surface area (TPSA) is 131 Å². The molecule has 3 N–H and O–H groups in total. The maximum Gasteiger partial charge on any atom is 0.472 e. The van der Waals surface area contributed by atoms with Crippen LogP contribution < -0.4 is 5.32 Å². The minimum atomic E-state index is -4.42. The first-order valence-corrected chi connectivity index (χ1v) is 30.0. The number of unbranched alkanes of at least 4 members (excludes halogenated alkanes) is 42. The number of carbonyl (C=O) groups is 2. The highest BCUT2D eigenvalue weighted by atomic mass is 31.2. The standard InChI is InChI=1S/C55H110NO8P/c1-3-5-7-9-11-13-15-17-19-21-23-25-26-28-29-31-33-35-37-39-41-43-45-47-54(58)56-49-50-63-65(60,61)64-52-53(57)51-62-55(59)48-46-44-42-40-38-36-34-32-30-27-24-22-20-18-16-14-12-10-8-6-4-2/h53,57H,3-52H2,1-2H3,(H,56,58)(H,60,61). The van der Waals surface area contributed by atoms with Gasteiger partial charge >= 0.3 is 13.8 Å². The van der Waals surface area contributed by atoms with Crippen LogP contribution in [0.3, 0.4) is 0 Å². The predicted molar refractivity (Wildman–Crippen MR) is 275 cm³/mol. The molecule has 9 nitrogen and oxygen atoms in total. The zero-order valence-corrected chi connectivity index (χ0v) is 44.1. The van der Waals surface area contributed by atoms with Crippen molar-refractivity contribution in [1.82, 2.24) is 5.32 Å². The maximum atomic E-state index is 12.2. The molecule has 65 heavy (non-hydrogen) atoms. The Balaban J connectivity index is 3.47. The zero-order valence-electron chi connectivity index (χ0n) is 43.2. The van der Waals surface area contributed by atoms with Gasteiger partial charge in [0.05, 0.1) is 13.2 Å². The lowest BCUT2D eigenvalue weighted by Gasteiger charge is -2.15. The number of aliphatic hydroxyl groups is 1. The first-order chi connectivity index (χ1) is 31.8. The van der Waals surface area contributed by atoms with E-state index in [1.807, 2.05) is 0 Å². The number of hydrogen-bond acceptors (Lipinski definition) is 7. The van der Waals surface area contributed by atoms with Crippen molar-refractivity contribution < 1.29 is 37.9 Å². The average molecular weight is 944 g/mol. The van der Waals surface area contributed by atoms with Crippen molar-refractivity contribution in [3.05, 3.63) is 0 Å². The molecule has 0 saturated carbocycles. The highest BCUT2D eigenvalue weighted by molar-refractivity contribution is 7.47. The molecule has 0 fully saturated rings. The first-order valence-electron chi connectivity index (χ1n) is 28.5. The second-order valence-electron chi connectivity index (χ2n) is 19.6. The van der Waals surface area contributed by atoms with Crippen molar-refractivity contribution in [1.29, 1.82) is 0 Å². The molecular formula is C55H110NO8P. The fourth-order valence-electron chi connectivity index (χ4n) is 8.74. The monoisotopic (exact) mass is 944 g/mol. The van der Waals surface area contributed by atoms with Crippen LogP contribution in [0.25, 0.3) is 0 Å². The van der Waals surface area contributed by atoms with Gasteiger partial charge in [0.15, 0.2) is 0 Å². The zero-order chi connectivity index (χ0) is 47.4. The molecule has 0 aromatic carbocycles. The molecule has 0 aliphatic carbocycles. The lowest BCUT2D eigenvalue weighted by atomic mass is 10.0. The molecule has 1 amide bonds. The van der Waals surface area contributed by atoms with Crippen molar-refractivity contribution in [2.24, 2.45) is 0 Å². The van der Waals surface area contributed by atoms with E-state index in [0.717, 1.165) is 38.5 Å². The molecule has 0 aliphatic heterocycles. The summed E-state index contributed by atoms with van der Waals surface area (Å²) < 4.78 is 27.1. The van der Waals surface area contributed by atoms with Gasteiger partial charge in [0, 0.05) is 19.4 Å². The van der Waals surface area contributed by atoms with Crippen molar-refractivity contribution in [2.45, 2.75) is 315 Å². The van der Waals surface area contributed by atoms with E-state index in [2.05, 4.69) is 19.2 Å². The molecular weight excluding hydrogens is 834 g/mol. The molecule has 0 heterocycles. The van der Waals surface area contributed by atoms with Gasteiger partial charge in [-0.25, -0.2) is 4.57 Å². The number of carbonyl (C=O) groups excluding carboxylic acids is 2. The Morgan fingerprint density at radius 3 is 1.00 bits per heavy atom. The van der Waals surface area contributed by atoms with Crippen molar-refractivity contribution >= 4 is 19.7 Å². The van der Waals surface area contributed by atoms with Crippen molar-refractivity contribution in [3.63, 3.8) is 0 Å². The summed E-state index contributed by atoms with van der Waals surface area (Å²) in [6, 6.07) is 0. The Kier molecular flexibility index (Phi) is 51.6. The lowest BCUT2D eigenvalue weighted by molar-refractivity contribution is -0.147. The molecule has 2 unspecified atom stereocenters. The summed E-state index contributed by atoms with van der Waals surface area (Å²) in [6.07, 6.45) is 57.7. The molecule has 0 bridgehead atoms. The van der Waals surface area contributed by atoms with Crippen LogP contribution >= 0.6 is 7.82 Å². The van der Waals surface area contributed by atoms with Crippen LogP contribution in [0.1, 0.15) is 309 Å². The van der Waals surface area contributed by atoms with E-state index >= 15 is 0 Å². The van der Waals surface area contributed by atoms with Crippen LogP contribution in [0.15, 0.2) is 0 Å². The molecule has 0 aromatic heterocycles. The second kappa shape index (κ2) is 52.4. The van der Waals surface area contributed by atoms with Gasteiger partial charge in [0.25, 0.3) is 0 Å². The summed E-state index contributed by atoms with van der Waals surface area (Å²) in [5, 5.41) is 12.8. The van der Waals surface area contributed by atoms with E-state index in [0.29, 0.717) is 12.8 Å². The number of rotatable bonds is 55. The van der Waals surface area contributed by atoms with Crippen molar-refractivity contribution in [3.8, 4) is 0 Å². The number of aliphatic hydroxyl groups excluding tert-OH is 1. The van der Waals surface area contributed by atoms with Crippen LogP contribution in [0.2, 0.25) is 0 Å². The van der Waals surface area contributed by atoms with Crippen LogP contribution in [-0.4, -0.2) is 54.3 Å². The van der Waals surface area contributed by atoms with Gasteiger partial charge < -0.3 is 20.1 Å². The molecule has 0 aliphatic rings. The maximum absolute atomic E-state index is 12.2. The molecule has 0 saturated heterocycles. The van der Waals surface area contributed by atoms with E-state index < -0.39 is 26.5 Å². The summed E-state index contributed by atoms with van der Waals surface area (Å²) in [5.41, 5.74) is 0. The van der Waals surface area contributed by atoms with Gasteiger partial charge in [-0.3, -0.25) is 18.6 Å². The van der Waals surface area contributed by atoms with Gasteiger partial charge in [-0.15, -0.1) is 0 Å². The van der Waals surface area contributed by atoms with Crippen LogP contribution in [0.5, 0.6) is 0 Å². The number of hydrogen-bond donors (Lipinski definition) is 3. The largest absolute Gasteiger partial charge is 0.472 e. The first kappa shape index (κ1) is 64.0. The second-order valence-corrected chi connectivity index (χ2v) is 21.1. The summed E-state index contributed by atoms with van der Waals surface area (Å²) in [6.45, 7) is 3.64. The fraction of sp³-hybridized carbons (Fsp3) is 0.964. The van der Waals surface area contributed by atoms with Crippen LogP contribution in [0, 0.1) is 0 Å². The molecule has 2 atom stereocenters. The van der Waals surface area contributed by atoms with E-state index in [-0.39, 0.29) is 25.7 Å². The quantitative estimate of drug-likeness (QED) is 0.0312. The Labute approximate surface area is 403 Å². The summed E-state index contributed by atoms with van der Waals surface area (Å²) >= 11 is 0. The summed E-state index contributed by atoms with van der Waals surface area (Å²) in [7, 11) is -4.42. The smallest absolute Gasteiger partial charge is 0.463 e. The molecule has 0 spiro atoms. The third-order valence-corrected chi connectivity index (χ3v) is 14.0. The number of amides is 1. The summed E-state index contributed by atoms with van der Waals surface area (Å²) in [4.78, 5) is 34.2. The van der Waals surface area contributed by atoms with E-state index in [9.17, 15) is 24.2 Å². The number of phosphoric acid groups is 1. The number of phosphoric ester groups is 1. The van der Waals surface area contributed by atoms with Gasteiger partial charge in [0.1, 0.15) is 12.7 Å². The average Bonchev–Trinajstić information content (AvgIpc) is 3.29. The lowest BCUT2D eigenvalue weighted by Crippen LogP contribution is -2.27. The normalized spacial score (nSPS) is 13.0. The highest BCUT2D eigenvalue weighted by Gasteiger charge is 2.23. The van der Waals surface area contributed by atoms with Crippen LogP contribution in [0.4, 0.5) is 0 Å². The van der Waals surface area contributed by atoms with E-state index in [1.54, 1.807) is 0 Å². The minimum absolute atomic E-state index is 0.0891. The van der Waals surface area contributed by atoms with E-state index in [1.165, 1.54) is 244 Å². The Morgan fingerprint density at radius 1 is 0.415 bits per heavy atom. The van der Waals surface area contributed by atoms with Crippen molar-refractivity contribution in [2.75, 3.05) is 26.4 Å². The number of nitrogens with one attached hydrogen (secondary N) is 1. The Hall–Kier alpha value is -0.990. The Bertz CT molecular complexity index is 1030. The molecule has 0 radical (unpaired) electrons. The van der Waals surface area contributed by atoms with Gasteiger partial charge in [-0.1, -0.05) is 284 Å². The van der Waals surface area contributed by atoms with E-state index in [4.69, 9.17) is 13.8 Å². The minimum Gasteiger partial charge on any atom is -0.463 e. The fourth-order valence-corrected chi connectivity index (χ4v) is 9.50. The number of esters is 1. The summed E-state index contributed by atoms with van der Waals surface area (Å²) in [5.74, 6) is -0.495. The third-order valence-electron chi connectivity index (χ3n) is 13.0. The van der Waals surface area contributed by atoms with Gasteiger partial charge in [-0.05, 0) is 12.8 Å². The molecule has 0 rings (SSSR count).